The molecule has 1 heterocycles. The second-order valence-electron chi connectivity index (χ2n) is 2.61. The lowest BCUT2D eigenvalue weighted by atomic mass is 10.4. The lowest BCUT2D eigenvalue weighted by molar-refractivity contribution is 0.109. The lowest BCUT2D eigenvalue weighted by Gasteiger charge is -2.03. The van der Waals surface area contributed by atoms with Gasteiger partial charge in [-0.25, -0.2) is 4.98 Å². The summed E-state index contributed by atoms with van der Waals surface area (Å²) < 4.78 is -0.171. The summed E-state index contributed by atoms with van der Waals surface area (Å²) in [5, 5.41) is 5.62. The summed E-state index contributed by atoms with van der Waals surface area (Å²) in [6.45, 7) is 4.05. The van der Waals surface area contributed by atoms with Crippen LogP contribution in [0.4, 0.5) is 5.13 Å². The molecule has 0 fully saturated rings. The maximum atomic E-state index is 10.8. The van der Waals surface area contributed by atoms with E-state index in [0.717, 1.165) is 5.13 Å². The molecule has 0 aliphatic heterocycles. The van der Waals surface area contributed by atoms with Crippen LogP contribution in [0.1, 0.15) is 24.3 Å². The predicted octanol–water partition coefficient (Wildman–Crippen LogP) is 2.50. The van der Waals surface area contributed by atoms with Gasteiger partial charge < -0.3 is 5.32 Å². The zero-order chi connectivity index (χ0) is 9.14. The maximum Gasteiger partial charge on any atom is 0.247 e. The van der Waals surface area contributed by atoms with Crippen molar-refractivity contribution in [1.82, 2.24) is 4.98 Å². The lowest BCUT2D eigenvalue weighted by Crippen LogP contribution is -2.09. The molecule has 66 valence electrons. The SMILES string of the molecule is CC(C)Nc1nc(C(=O)Br)cs1. The van der Waals surface area contributed by atoms with Gasteiger partial charge in [-0.15, -0.1) is 11.3 Å². The molecule has 0 aliphatic rings. The highest BCUT2D eigenvalue weighted by Gasteiger charge is 2.07. The number of carbonyl (C=O) groups excluding carboxylic acids is 1. The molecule has 5 heteroatoms. The largest absolute Gasteiger partial charge is 0.359 e. The molecule has 0 aromatic carbocycles. The van der Waals surface area contributed by atoms with Crippen LogP contribution in [0.5, 0.6) is 0 Å². The van der Waals surface area contributed by atoms with E-state index in [1.165, 1.54) is 11.3 Å². The standard InChI is InChI=1S/C7H9BrN2OS/c1-4(2)9-7-10-5(3-12-7)6(8)11/h3-4H,1-2H3,(H,9,10). The first kappa shape index (κ1) is 9.67. The van der Waals surface area contributed by atoms with E-state index in [0.29, 0.717) is 11.7 Å². The van der Waals surface area contributed by atoms with Crippen molar-refractivity contribution in [3.8, 4) is 0 Å². The molecule has 0 unspecified atom stereocenters. The van der Waals surface area contributed by atoms with Crippen LogP contribution in [-0.2, 0) is 0 Å². The highest BCUT2D eigenvalue weighted by atomic mass is 79.9. The van der Waals surface area contributed by atoms with Crippen LogP contribution in [0.15, 0.2) is 5.38 Å². The first-order chi connectivity index (χ1) is 5.59. The fourth-order valence-corrected chi connectivity index (χ4v) is 1.87. The summed E-state index contributed by atoms with van der Waals surface area (Å²) >= 11 is 4.27. The van der Waals surface area contributed by atoms with Crippen LogP contribution in [0.2, 0.25) is 0 Å². The van der Waals surface area contributed by atoms with Crippen LogP contribution >= 0.6 is 27.3 Å². The number of carbonyl (C=O) groups is 1. The molecular weight excluding hydrogens is 240 g/mol. The Labute approximate surface area is 83.3 Å². The van der Waals surface area contributed by atoms with Gasteiger partial charge in [0.1, 0.15) is 5.69 Å². The molecule has 1 N–H and O–H groups in total. The number of nitrogens with one attached hydrogen (secondary N) is 1. The van der Waals surface area contributed by atoms with Gasteiger partial charge in [0.05, 0.1) is 0 Å². The van der Waals surface area contributed by atoms with Crippen molar-refractivity contribution >= 4 is 37.1 Å². The summed E-state index contributed by atoms with van der Waals surface area (Å²) in [6.07, 6.45) is 0. The summed E-state index contributed by atoms with van der Waals surface area (Å²) in [6, 6.07) is 0.342. The van der Waals surface area contributed by atoms with E-state index >= 15 is 0 Å². The summed E-state index contributed by atoms with van der Waals surface area (Å²) in [5.74, 6) is 0. The van der Waals surface area contributed by atoms with E-state index < -0.39 is 0 Å². The molecule has 1 rings (SSSR count). The highest BCUT2D eigenvalue weighted by Crippen LogP contribution is 2.17. The van der Waals surface area contributed by atoms with Gasteiger partial charge in [0, 0.05) is 11.4 Å². The second-order valence-corrected chi connectivity index (χ2v) is 4.19. The monoisotopic (exact) mass is 248 g/mol. The topological polar surface area (TPSA) is 42.0 Å². The third kappa shape index (κ3) is 2.57. The molecule has 0 amide bonds. The predicted molar refractivity (Wildman–Crippen MR) is 54.1 cm³/mol. The maximum absolute atomic E-state index is 10.8. The van der Waals surface area contributed by atoms with E-state index in [4.69, 9.17) is 0 Å². The number of anilines is 1. The Morgan fingerprint density at radius 1 is 1.75 bits per heavy atom. The van der Waals surface area contributed by atoms with Crippen molar-refractivity contribution in [2.24, 2.45) is 0 Å². The number of thiazole rings is 1. The number of halogens is 1. The fourth-order valence-electron chi connectivity index (χ4n) is 0.677. The molecule has 1 aromatic heterocycles. The molecule has 1 aromatic rings. The number of hydrogen-bond donors (Lipinski definition) is 1. The second kappa shape index (κ2) is 4.00. The Morgan fingerprint density at radius 2 is 2.42 bits per heavy atom. The number of rotatable bonds is 3. The van der Waals surface area contributed by atoms with Crippen molar-refractivity contribution in [2.75, 3.05) is 5.32 Å². The van der Waals surface area contributed by atoms with Crippen molar-refractivity contribution in [3.63, 3.8) is 0 Å². The van der Waals surface area contributed by atoms with Crippen LogP contribution < -0.4 is 5.32 Å². The van der Waals surface area contributed by atoms with Gasteiger partial charge in [-0.05, 0) is 29.8 Å². The van der Waals surface area contributed by atoms with Gasteiger partial charge in [0.2, 0.25) is 4.69 Å². The molecular formula is C7H9BrN2OS. The quantitative estimate of drug-likeness (QED) is 0.837. The van der Waals surface area contributed by atoms with Gasteiger partial charge in [-0.1, -0.05) is 0 Å². The van der Waals surface area contributed by atoms with Crippen molar-refractivity contribution in [1.29, 1.82) is 0 Å². The van der Waals surface area contributed by atoms with E-state index in [9.17, 15) is 4.79 Å². The Morgan fingerprint density at radius 3 is 2.83 bits per heavy atom. The minimum Gasteiger partial charge on any atom is -0.359 e. The van der Waals surface area contributed by atoms with E-state index in [1.54, 1.807) is 5.38 Å². The van der Waals surface area contributed by atoms with Gasteiger partial charge in [-0.3, -0.25) is 4.79 Å². The molecule has 0 atom stereocenters. The fraction of sp³-hybridized carbons (Fsp3) is 0.429. The zero-order valence-electron chi connectivity index (χ0n) is 6.80. The Balaban J connectivity index is 2.71. The van der Waals surface area contributed by atoms with Gasteiger partial charge >= 0.3 is 0 Å². The van der Waals surface area contributed by atoms with Gasteiger partial charge in [0.25, 0.3) is 0 Å². The van der Waals surface area contributed by atoms with Crippen LogP contribution in [0.25, 0.3) is 0 Å². The molecule has 12 heavy (non-hydrogen) atoms. The summed E-state index contributed by atoms with van der Waals surface area (Å²) in [5.41, 5.74) is 0.461. The molecule has 0 aliphatic carbocycles. The molecule has 0 saturated heterocycles. The van der Waals surface area contributed by atoms with Crippen LogP contribution in [0.3, 0.4) is 0 Å². The van der Waals surface area contributed by atoms with E-state index in [2.05, 4.69) is 26.2 Å². The third-order valence-corrected chi connectivity index (χ3v) is 2.30. The first-order valence-electron chi connectivity index (χ1n) is 3.51. The zero-order valence-corrected chi connectivity index (χ0v) is 9.20. The van der Waals surface area contributed by atoms with E-state index in [-0.39, 0.29) is 4.69 Å². The summed E-state index contributed by atoms with van der Waals surface area (Å²) in [7, 11) is 0. The Bertz CT molecular complexity index is 285. The molecule has 0 spiro atoms. The first-order valence-corrected chi connectivity index (χ1v) is 5.18. The van der Waals surface area contributed by atoms with Gasteiger partial charge in [-0.2, -0.15) is 0 Å². The Kier molecular flexibility index (Phi) is 3.22. The van der Waals surface area contributed by atoms with Crippen molar-refractivity contribution < 1.29 is 4.79 Å². The van der Waals surface area contributed by atoms with Gasteiger partial charge in [0.15, 0.2) is 5.13 Å². The summed E-state index contributed by atoms with van der Waals surface area (Å²) in [4.78, 5) is 14.8. The average Bonchev–Trinajstić information content (AvgIpc) is 2.34. The molecule has 0 bridgehead atoms. The van der Waals surface area contributed by atoms with Crippen LogP contribution in [-0.4, -0.2) is 15.7 Å². The smallest absolute Gasteiger partial charge is 0.247 e. The Hall–Kier alpha value is -0.420. The number of hydrogen-bond acceptors (Lipinski definition) is 4. The molecule has 0 saturated carbocycles. The number of nitrogens with zero attached hydrogens (tertiary/aromatic N) is 1. The minimum atomic E-state index is -0.171. The third-order valence-electron chi connectivity index (χ3n) is 1.12. The van der Waals surface area contributed by atoms with Crippen molar-refractivity contribution in [2.45, 2.75) is 19.9 Å². The van der Waals surface area contributed by atoms with Crippen LogP contribution in [0, 0.1) is 0 Å². The average molecular weight is 249 g/mol. The van der Waals surface area contributed by atoms with Crippen molar-refractivity contribution in [3.05, 3.63) is 11.1 Å². The normalized spacial score (nSPS) is 10.3. The molecule has 0 radical (unpaired) electrons. The van der Waals surface area contributed by atoms with E-state index in [1.807, 2.05) is 13.8 Å². The molecule has 3 nitrogen and oxygen atoms in total. The number of aromatic nitrogens is 1. The minimum absolute atomic E-state index is 0.171. The highest BCUT2D eigenvalue weighted by molar-refractivity contribution is 9.18.